The van der Waals surface area contributed by atoms with Crippen molar-refractivity contribution in [1.29, 1.82) is 0 Å². The van der Waals surface area contributed by atoms with Gasteiger partial charge in [0.05, 0.1) is 17.1 Å². The molecule has 19 heavy (non-hydrogen) atoms. The van der Waals surface area contributed by atoms with E-state index in [1.807, 2.05) is 20.8 Å². The van der Waals surface area contributed by atoms with Crippen LogP contribution in [-0.2, 0) is 0 Å². The molecule has 0 heterocycles. The highest BCUT2D eigenvalue weighted by Crippen LogP contribution is 2.15. The minimum absolute atomic E-state index is 0.194. The molecular weight excluding hydrogens is 260 g/mol. The third-order valence-corrected chi connectivity index (χ3v) is 3.52. The number of nitrogens with one attached hydrogen (secondary N) is 1. The topological polar surface area (TPSA) is 64.3 Å². The van der Waals surface area contributed by atoms with Gasteiger partial charge in [0, 0.05) is 5.56 Å². The van der Waals surface area contributed by atoms with E-state index in [0.29, 0.717) is 18.6 Å². The molecule has 1 amide bonds. The Kier molecular flexibility index (Phi) is 5.30. The predicted octanol–water partition coefficient (Wildman–Crippen LogP) is 2.27. The van der Waals surface area contributed by atoms with Gasteiger partial charge in [0.15, 0.2) is 0 Å². The fourth-order valence-electron chi connectivity index (χ4n) is 1.52. The Balaban J connectivity index is 2.80. The first kappa shape index (κ1) is 15.4. The highest BCUT2D eigenvalue weighted by Gasteiger charge is 2.27. The van der Waals surface area contributed by atoms with E-state index in [0.717, 1.165) is 5.75 Å². The van der Waals surface area contributed by atoms with Gasteiger partial charge in [0.2, 0.25) is 0 Å². The van der Waals surface area contributed by atoms with Gasteiger partial charge < -0.3 is 15.8 Å². The Hall–Kier alpha value is -1.62. The molecule has 0 aliphatic heterocycles. The van der Waals surface area contributed by atoms with Gasteiger partial charge >= 0.3 is 0 Å². The molecule has 5 heteroatoms. The zero-order valence-corrected chi connectivity index (χ0v) is 12.3. The van der Waals surface area contributed by atoms with Gasteiger partial charge in [-0.25, -0.2) is 0 Å². The maximum absolute atomic E-state index is 12.1. The van der Waals surface area contributed by atoms with E-state index in [9.17, 15) is 4.79 Å². The molecule has 0 saturated carbocycles. The second-order valence-corrected chi connectivity index (χ2v) is 4.90. The van der Waals surface area contributed by atoms with Gasteiger partial charge in [-0.15, -0.1) is 0 Å². The maximum Gasteiger partial charge on any atom is 0.252 e. The number of benzene rings is 1. The molecule has 1 rings (SSSR count). The van der Waals surface area contributed by atoms with Crippen molar-refractivity contribution in [2.45, 2.75) is 32.7 Å². The zero-order chi connectivity index (χ0) is 14.5. The largest absolute Gasteiger partial charge is 0.494 e. The maximum atomic E-state index is 12.1. The van der Waals surface area contributed by atoms with E-state index in [1.165, 1.54) is 0 Å². The van der Waals surface area contributed by atoms with Crippen LogP contribution in [0, 0.1) is 0 Å². The number of amides is 1. The third kappa shape index (κ3) is 3.92. The molecule has 0 aliphatic rings. The summed E-state index contributed by atoms with van der Waals surface area (Å²) in [7, 11) is 0. The molecule has 0 aromatic heterocycles. The van der Waals surface area contributed by atoms with Crippen LogP contribution in [0.1, 0.15) is 37.6 Å². The first-order valence-corrected chi connectivity index (χ1v) is 6.69. The SMILES string of the molecule is CCOc1ccc(C(=O)NC(C)(CC)C(N)=S)cc1. The Morgan fingerprint density at radius 3 is 2.37 bits per heavy atom. The summed E-state index contributed by atoms with van der Waals surface area (Å²) < 4.78 is 5.33. The first-order valence-electron chi connectivity index (χ1n) is 6.28. The van der Waals surface area contributed by atoms with Gasteiger partial charge in [-0.05, 0) is 44.5 Å². The van der Waals surface area contributed by atoms with Crippen molar-refractivity contribution in [1.82, 2.24) is 5.32 Å². The van der Waals surface area contributed by atoms with E-state index >= 15 is 0 Å². The number of ether oxygens (including phenoxy) is 1. The van der Waals surface area contributed by atoms with Crippen molar-refractivity contribution < 1.29 is 9.53 Å². The zero-order valence-electron chi connectivity index (χ0n) is 11.5. The van der Waals surface area contributed by atoms with Gasteiger partial charge in [-0.1, -0.05) is 19.1 Å². The molecule has 1 aromatic rings. The lowest BCUT2D eigenvalue weighted by molar-refractivity contribution is 0.0926. The minimum atomic E-state index is -0.662. The second kappa shape index (κ2) is 6.52. The summed E-state index contributed by atoms with van der Waals surface area (Å²) in [6.45, 7) is 6.26. The molecule has 0 radical (unpaired) electrons. The van der Waals surface area contributed by atoms with Gasteiger partial charge in [-0.3, -0.25) is 4.79 Å². The van der Waals surface area contributed by atoms with Crippen LogP contribution in [0.15, 0.2) is 24.3 Å². The van der Waals surface area contributed by atoms with Crippen LogP contribution in [-0.4, -0.2) is 23.0 Å². The first-order chi connectivity index (χ1) is 8.92. The fraction of sp³-hybridized carbons (Fsp3) is 0.429. The lowest BCUT2D eigenvalue weighted by Gasteiger charge is -2.28. The summed E-state index contributed by atoms with van der Waals surface area (Å²) in [4.78, 5) is 12.4. The highest BCUT2D eigenvalue weighted by molar-refractivity contribution is 7.80. The molecular formula is C14H20N2O2S. The lowest BCUT2D eigenvalue weighted by Crippen LogP contribution is -2.54. The standard InChI is InChI=1S/C14H20N2O2S/c1-4-14(3,13(15)19)16-12(17)10-6-8-11(9-7-10)18-5-2/h6-9H,4-5H2,1-3H3,(H2,15,19)(H,16,17). The number of hydrogen-bond donors (Lipinski definition) is 2. The quantitative estimate of drug-likeness (QED) is 0.785. The molecule has 0 aliphatic carbocycles. The van der Waals surface area contributed by atoms with Crippen molar-refractivity contribution in [2.24, 2.45) is 5.73 Å². The Morgan fingerprint density at radius 1 is 1.37 bits per heavy atom. The molecule has 0 spiro atoms. The average molecular weight is 280 g/mol. The van der Waals surface area contributed by atoms with Crippen LogP contribution in [0.2, 0.25) is 0 Å². The fourth-order valence-corrected chi connectivity index (χ4v) is 1.71. The molecule has 0 bridgehead atoms. The normalized spacial score (nSPS) is 13.4. The summed E-state index contributed by atoms with van der Waals surface area (Å²) >= 11 is 5.00. The predicted molar refractivity (Wildman–Crippen MR) is 80.6 cm³/mol. The number of carbonyl (C=O) groups excluding carboxylic acids is 1. The number of carbonyl (C=O) groups is 1. The monoisotopic (exact) mass is 280 g/mol. The molecule has 1 aromatic carbocycles. The minimum Gasteiger partial charge on any atom is -0.494 e. The Morgan fingerprint density at radius 2 is 1.95 bits per heavy atom. The number of hydrogen-bond acceptors (Lipinski definition) is 3. The number of rotatable bonds is 6. The van der Waals surface area contributed by atoms with Crippen molar-refractivity contribution in [3.8, 4) is 5.75 Å². The van der Waals surface area contributed by atoms with Crippen LogP contribution < -0.4 is 15.8 Å². The van der Waals surface area contributed by atoms with Crippen LogP contribution in [0.5, 0.6) is 5.75 Å². The van der Waals surface area contributed by atoms with Gasteiger partial charge in [0.25, 0.3) is 5.91 Å². The second-order valence-electron chi connectivity index (χ2n) is 4.46. The Labute approximate surface area is 119 Å². The van der Waals surface area contributed by atoms with Crippen molar-refractivity contribution in [2.75, 3.05) is 6.61 Å². The molecule has 104 valence electrons. The Bertz CT molecular complexity index is 459. The van der Waals surface area contributed by atoms with E-state index in [2.05, 4.69) is 5.32 Å². The third-order valence-electron chi connectivity index (χ3n) is 3.07. The van der Waals surface area contributed by atoms with Crippen LogP contribution in [0.25, 0.3) is 0 Å². The highest BCUT2D eigenvalue weighted by atomic mass is 32.1. The molecule has 0 saturated heterocycles. The van der Waals surface area contributed by atoms with Crippen molar-refractivity contribution >= 4 is 23.1 Å². The van der Waals surface area contributed by atoms with Crippen molar-refractivity contribution in [3.63, 3.8) is 0 Å². The molecule has 1 unspecified atom stereocenters. The smallest absolute Gasteiger partial charge is 0.252 e. The molecule has 4 nitrogen and oxygen atoms in total. The summed E-state index contributed by atoms with van der Waals surface area (Å²) in [5, 5.41) is 2.86. The van der Waals surface area contributed by atoms with E-state index in [1.54, 1.807) is 24.3 Å². The molecule has 0 fully saturated rings. The van der Waals surface area contributed by atoms with Crippen LogP contribution >= 0.6 is 12.2 Å². The molecule has 1 atom stereocenters. The van der Waals surface area contributed by atoms with Crippen molar-refractivity contribution in [3.05, 3.63) is 29.8 Å². The number of nitrogens with two attached hydrogens (primary N) is 1. The average Bonchev–Trinajstić information content (AvgIpc) is 2.39. The van der Waals surface area contributed by atoms with Gasteiger partial charge in [0.1, 0.15) is 5.75 Å². The van der Waals surface area contributed by atoms with E-state index < -0.39 is 5.54 Å². The summed E-state index contributed by atoms with van der Waals surface area (Å²) in [6.07, 6.45) is 0.644. The summed E-state index contributed by atoms with van der Waals surface area (Å²) in [5.74, 6) is 0.548. The van der Waals surface area contributed by atoms with Crippen LogP contribution in [0.4, 0.5) is 0 Å². The van der Waals surface area contributed by atoms with Gasteiger partial charge in [-0.2, -0.15) is 0 Å². The van der Waals surface area contributed by atoms with Crippen LogP contribution in [0.3, 0.4) is 0 Å². The summed E-state index contributed by atoms with van der Waals surface area (Å²) in [6, 6.07) is 6.97. The lowest BCUT2D eigenvalue weighted by atomic mass is 9.98. The van der Waals surface area contributed by atoms with E-state index in [4.69, 9.17) is 22.7 Å². The van der Waals surface area contributed by atoms with E-state index in [-0.39, 0.29) is 10.9 Å². The summed E-state index contributed by atoms with van der Waals surface area (Å²) in [5.41, 5.74) is 5.56. The molecule has 3 N–H and O–H groups in total. The number of thiocarbonyl (C=S) groups is 1.